The number of anilines is 1. The van der Waals surface area contributed by atoms with Crippen molar-refractivity contribution >= 4 is 21.6 Å². The number of aromatic nitrogens is 3. The number of hydrogen-bond donors (Lipinski definition) is 2. The minimum absolute atomic E-state index is 0.299. The van der Waals surface area contributed by atoms with Crippen molar-refractivity contribution in [2.24, 2.45) is 0 Å². The van der Waals surface area contributed by atoms with Crippen LogP contribution in [0.1, 0.15) is 5.69 Å². The third-order valence-electron chi connectivity index (χ3n) is 2.32. The fourth-order valence-corrected chi connectivity index (χ4v) is 1.99. The van der Waals surface area contributed by atoms with E-state index in [2.05, 4.69) is 20.1 Å². The molecule has 0 radical (unpaired) electrons. The molecule has 0 unspecified atom stereocenters. The number of fused-ring (bicyclic) bond motifs is 1. The summed E-state index contributed by atoms with van der Waals surface area (Å²) in [6.07, 6.45) is 1.12. The molecule has 0 aliphatic rings. The molecule has 2 aromatic heterocycles. The Bertz CT molecular complexity index is 649. The Hall–Kier alpha value is -1.67. The number of rotatable bonds is 5. The van der Waals surface area contributed by atoms with Gasteiger partial charge in [0.2, 0.25) is 16.0 Å². The van der Waals surface area contributed by atoms with Gasteiger partial charge in [-0.25, -0.2) is 17.7 Å². The lowest BCUT2D eigenvalue weighted by atomic mass is 10.4. The second-order valence-corrected chi connectivity index (χ2v) is 5.80. The van der Waals surface area contributed by atoms with Gasteiger partial charge >= 0.3 is 0 Å². The summed E-state index contributed by atoms with van der Waals surface area (Å²) in [5.41, 5.74) is 1.75. The fourth-order valence-electron chi connectivity index (χ4n) is 1.52. The highest BCUT2D eigenvalue weighted by Gasteiger charge is 2.04. The van der Waals surface area contributed by atoms with Gasteiger partial charge in [0, 0.05) is 18.8 Å². The topological polar surface area (TPSA) is 88.4 Å². The van der Waals surface area contributed by atoms with Crippen molar-refractivity contribution in [3.63, 3.8) is 0 Å². The SMILES string of the molecule is Cc1cccc2nc(NCCNS(C)(=O)=O)nn12. The number of aryl methyl sites for hydroxylation is 1. The van der Waals surface area contributed by atoms with Gasteiger partial charge in [-0.1, -0.05) is 6.07 Å². The Morgan fingerprint density at radius 3 is 2.78 bits per heavy atom. The summed E-state index contributed by atoms with van der Waals surface area (Å²) < 4.78 is 25.8. The summed E-state index contributed by atoms with van der Waals surface area (Å²) >= 11 is 0. The van der Waals surface area contributed by atoms with E-state index in [1.54, 1.807) is 4.52 Å². The van der Waals surface area contributed by atoms with Crippen LogP contribution < -0.4 is 10.0 Å². The van der Waals surface area contributed by atoms with Crippen molar-refractivity contribution in [3.8, 4) is 0 Å². The molecule has 0 bridgehead atoms. The molecule has 0 saturated carbocycles. The first-order valence-corrected chi connectivity index (χ1v) is 7.36. The van der Waals surface area contributed by atoms with E-state index < -0.39 is 10.0 Å². The van der Waals surface area contributed by atoms with Crippen LogP contribution in [-0.4, -0.2) is 42.4 Å². The largest absolute Gasteiger partial charge is 0.352 e. The molecule has 0 spiro atoms. The van der Waals surface area contributed by atoms with Gasteiger partial charge < -0.3 is 5.32 Å². The molecule has 98 valence electrons. The summed E-state index contributed by atoms with van der Waals surface area (Å²) in [6, 6.07) is 5.71. The molecule has 0 atom stereocenters. The molecular formula is C10H15N5O2S. The number of pyridine rings is 1. The zero-order valence-electron chi connectivity index (χ0n) is 10.2. The van der Waals surface area contributed by atoms with Crippen molar-refractivity contribution in [1.82, 2.24) is 19.3 Å². The Balaban J connectivity index is 1.98. The summed E-state index contributed by atoms with van der Waals surface area (Å²) in [5, 5.41) is 7.23. The molecule has 2 N–H and O–H groups in total. The molecule has 2 rings (SSSR count). The first kappa shape index (κ1) is 12.8. The van der Waals surface area contributed by atoms with Crippen LogP contribution in [-0.2, 0) is 10.0 Å². The van der Waals surface area contributed by atoms with Crippen molar-refractivity contribution in [2.45, 2.75) is 6.92 Å². The van der Waals surface area contributed by atoms with Gasteiger partial charge in [0.1, 0.15) is 0 Å². The van der Waals surface area contributed by atoms with Gasteiger partial charge in [0.15, 0.2) is 5.65 Å². The van der Waals surface area contributed by atoms with Crippen LogP contribution in [0.3, 0.4) is 0 Å². The third kappa shape index (κ3) is 3.17. The Kier molecular flexibility index (Phi) is 3.48. The Morgan fingerprint density at radius 2 is 2.11 bits per heavy atom. The first-order valence-electron chi connectivity index (χ1n) is 5.46. The predicted octanol–water partition coefficient (Wildman–Crippen LogP) is -0.00118. The molecular weight excluding hydrogens is 254 g/mol. The zero-order chi connectivity index (χ0) is 13.2. The van der Waals surface area contributed by atoms with E-state index in [-0.39, 0.29) is 0 Å². The van der Waals surface area contributed by atoms with Crippen molar-refractivity contribution in [3.05, 3.63) is 23.9 Å². The van der Waals surface area contributed by atoms with Crippen LogP contribution in [0.4, 0.5) is 5.95 Å². The molecule has 18 heavy (non-hydrogen) atoms. The van der Waals surface area contributed by atoms with Gasteiger partial charge in [-0.2, -0.15) is 4.98 Å². The van der Waals surface area contributed by atoms with Crippen LogP contribution in [0.15, 0.2) is 18.2 Å². The van der Waals surface area contributed by atoms with E-state index in [1.165, 1.54) is 0 Å². The maximum absolute atomic E-state index is 10.9. The second-order valence-electron chi connectivity index (χ2n) is 3.97. The minimum Gasteiger partial charge on any atom is -0.352 e. The number of sulfonamides is 1. The monoisotopic (exact) mass is 269 g/mol. The van der Waals surface area contributed by atoms with Crippen LogP contribution in [0.25, 0.3) is 5.65 Å². The van der Waals surface area contributed by atoms with Gasteiger partial charge in [-0.05, 0) is 19.1 Å². The third-order valence-corrected chi connectivity index (χ3v) is 3.05. The van der Waals surface area contributed by atoms with Crippen LogP contribution in [0.2, 0.25) is 0 Å². The molecule has 0 aliphatic carbocycles. The normalized spacial score (nSPS) is 11.9. The van der Waals surface area contributed by atoms with Gasteiger partial charge in [0.25, 0.3) is 0 Å². The van der Waals surface area contributed by atoms with Crippen molar-refractivity contribution < 1.29 is 8.42 Å². The lowest BCUT2D eigenvalue weighted by Gasteiger charge is -2.02. The quantitative estimate of drug-likeness (QED) is 0.746. The lowest BCUT2D eigenvalue weighted by Crippen LogP contribution is -2.27. The van der Waals surface area contributed by atoms with Crippen LogP contribution in [0.5, 0.6) is 0 Å². The highest BCUT2D eigenvalue weighted by atomic mass is 32.2. The molecule has 7 nitrogen and oxygen atoms in total. The summed E-state index contributed by atoms with van der Waals surface area (Å²) in [5.74, 6) is 0.486. The Labute approximate surface area is 105 Å². The van der Waals surface area contributed by atoms with Crippen LogP contribution >= 0.6 is 0 Å². The van der Waals surface area contributed by atoms with E-state index in [0.29, 0.717) is 19.0 Å². The Morgan fingerprint density at radius 1 is 1.33 bits per heavy atom. The van der Waals surface area contributed by atoms with Gasteiger partial charge in [-0.15, -0.1) is 5.10 Å². The highest BCUT2D eigenvalue weighted by Crippen LogP contribution is 2.07. The summed E-state index contributed by atoms with van der Waals surface area (Å²) in [6.45, 7) is 2.67. The molecule has 2 heterocycles. The first-order chi connectivity index (χ1) is 8.46. The lowest BCUT2D eigenvalue weighted by molar-refractivity contribution is 0.589. The average Bonchev–Trinajstić information content (AvgIpc) is 2.68. The fraction of sp³-hybridized carbons (Fsp3) is 0.400. The van der Waals surface area contributed by atoms with E-state index in [0.717, 1.165) is 17.6 Å². The smallest absolute Gasteiger partial charge is 0.243 e. The van der Waals surface area contributed by atoms with Crippen molar-refractivity contribution in [2.75, 3.05) is 24.7 Å². The molecule has 0 saturated heterocycles. The standard InChI is InChI=1S/C10H15N5O2S/c1-8-4-3-5-9-13-10(14-15(8)9)11-6-7-12-18(2,16)17/h3-5,12H,6-7H2,1-2H3,(H,11,14). The maximum Gasteiger partial charge on any atom is 0.243 e. The molecule has 0 aromatic carbocycles. The van der Waals surface area contributed by atoms with E-state index >= 15 is 0 Å². The zero-order valence-corrected chi connectivity index (χ0v) is 11.0. The molecule has 0 aliphatic heterocycles. The summed E-state index contributed by atoms with van der Waals surface area (Å²) in [7, 11) is -3.15. The minimum atomic E-state index is -3.15. The molecule has 2 aromatic rings. The highest BCUT2D eigenvalue weighted by molar-refractivity contribution is 7.88. The predicted molar refractivity (Wildman–Crippen MR) is 69.1 cm³/mol. The maximum atomic E-state index is 10.9. The van der Waals surface area contributed by atoms with E-state index in [9.17, 15) is 8.42 Å². The van der Waals surface area contributed by atoms with Gasteiger partial charge in [0.05, 0.1) is 6.26 Å². The van der Waals surface area contributed by atoms with E-state index in [1.807, 2.05) is 25.1 Å². The summed E-state index contributed by atoms with van der Waals surface area (Å²) in [4.78, 5) is 4.27. The molecule has 0 fully saturated rings. The molecule has 0 amide bonds. The molecule has 8 heteroatoms. The van der Waals surface area contributed by atoms with Crippen molar-refractivity contribution in [1.29, 1.82) is 0 Å². The number of hydrogen-bond acceptors (Lipinski definition) is 5. The second kappa shape index (κ2) is 4.91. The van der Waals surface area contributed by atoms with Gasteiger partial charge in [-0.3, -0.25) is 0 Å². The average molecular weight is 269 g/mol. The number of nitrogens with zero attached hydrogens (tertiary/aromatic N) is 3. The van der Waals surface area contributed by atoms with E-state index in [4.69, 9.17) is 0 Å². The number of nitrogens with one attached hydrogen (secondary N) is 2. The van der Waals surface area contributed by atoms with Crippen LogP contribution in [0, 0.1) is 6.92 Å².